The maximum Gasteiger partial charge on any atom is 0.0575 e. The molecule has 1 unspecified atom stereocenters. The molecule has 2 rings (SSSR count). The fraction of sp³-hybridized carbons (Fsp3) is 1.00. The Morgan fingerprint density at radius 2 is 1.85 bits per heavy atom. The van der Waals surface area contributed by atoms with Gasteiger partial charge in [-0.2, -0.15) is 0 Å². The summed E-state index contributed by atoms with van der Waals surface area (Å²) in [7, 11) is 0. The molecule has 0 aliphatic carbocycles. The molecule has 0 radical (unpaired) electrons. The standard InChI is InChI=1S/C7H14O.C4H8O/c1-2-4-7-5-3-6-8-7;1-2-4-5-3-1/h7H,2-6H2,1H3;1-4H2. The molecule has 0 bridgehead atoms. The fourth-order valence-corrected chi connectivity index (χ4v) is 1.70. The van der Waals surface area contributed by atoms with Gasteiger partial charge in [0.05, 0.1) is 6.10 Å². The van der Waals surface area contributed by atoms with Gasteiger partial charge in [-0.05, 0) is 32.1 Å². The lowest BCUT2D eigenvalue weighted by molar-refractivity contribution is 0.103. The van der Waals surface area contributed by atoms with Crippen molar-refractivity contribution in [3.05, 3.63) is 0 Å². The monoisotopic (exact) mass is 186 g/mol. The molecule has 0 aromatic carbocycles. The van der Waals surface area contributed by atoms with Gasteiger partial charge < -0.3 is 9.47 Å². The third-order valence-corrected chi connectivity index (χ3v) is 2.46. The summed E-state index contributed by atoms with van der Waals surface area (Å²) >= 11 is 0. The maximum absolute atomic E-state index is 5.39. The third kappa shape index (κ3) is 5.27. The molecule has 0 aromatic rings. The second kappa shape index (κ2) is 7.34. The van der Waals surface area contributed by atoms with Crippen LogP contribution in [0.2, 0.25) is 0 Å². The first-order valence-corrected chi connectivity index (χ1v) is 5.63. The molecule has 2 nitrogen and oxygen atoms in total. The smallest absolute Gasteiger partial charge is 0.0575 e. The number of hydrogen-bond donors (Lipinski definition) is 0. The average Bonchev–Trinajstić information content (AvgIpc) is 2.79. The van der Waals surface area contributed by atoms with E-state index in [9.17, 15) is 0 Å². The van der Waals surface area contributed by atoms with E-state index in [-0.39, 0.29) is 0 Å². The molecule has 2 fully saturated rings. The van der Waals surface area contributed by atoms with E-state index in [1.807, 2.05) is 0 Å². The molecular formula is C11H22O2. The van der Waals surface area contributed by atoms with Gasteiger partial charge in [0.2, 0.25) is 0 Å². The zero-order chi connectivity index (χ0) is 9.36. The summed E-state index contributed by atoms with van der Waals surface area (Å²) in [4.78, 5) is 0. The Hall–Kier alpha value is -0.0800. The molecule has 0 saturated carbocycles. The molecule has 2 aliphatic heterocycles. The summed E-state index contributed by atoms with van der Waals surface area (Å²) in [5.74, 6) is 0. The van der Waals surface area contributed by atoms with Gasteiger partial charge in [0, 0.05) is 19.8 Å². The van der Waals surface area contributed by atoms with Crippen LogP contribution in [-0.4, -0.2) is 25.9 Å². The second-order valence-electron chi connectivity index (χ2n) is 3.74. The van der Waals surface area contributed by atoms with Crippen molar-refractivity contribution in [2.75, 3.05) is 19.8 Å². The van der Waals surface area contributed by atoms with E-state index in [2.05, 4.69) is 6.92 Å². The Balaban J connectivity index is 0.000000145. The van der Waals surface area contributed by atoms with Gasteiger partial charge in [-0.25, -0.2) is 0 Å². The van der Waals surface area contributed by atoms with Crippen molar-refractivity contribution in [3.8, 4) is 0 Å². The van der Waals surface area contributed by atoms with Crippen LogP contribution < -0.4 is 0 Å². The lowest BCUT2D eigenvalue weighted by atomic mass is 10.1. The molecule has 0 aromatic heterocycles. The van der Waals surface area contributed by atoms with Gasteiger partial charge in [0.1, 0.15) is 0 Å². The van der Waals surface area contributed by atoms with Crippen molar-refractivity contribution >= 4 is 0 Å². The van der Waals surface area contributed by atoms with E-state index >= 15 is 0 Å². The largest absolute Gasteiger partial charge is 0.381 e. The van der Waals surface area contributed by atoms with Gasteiger partial charge >= 0.3 is 0 Å². The van der Waals surface area contributed by atoms with Gasteiger partial charge in [-0.1, -0.05) is 13.3 Å². The SMILES string of the molecule is C1CCOC1.CCCC1CCCO1. The summed E-state index contributed by atoms with van der Waals surface area (Å²) in [6, 6.07) is 0. The van der Waals surface area contributed by atoms with Gasteiger partial charge in [-0.15, -0.1) is 0 Å². The Morgan fingerprint density at radius 3 is 2.23 bits per heavy atom. The summed E-state index contributed by atoms with van der Waals surface area (Å²) in [5, 5.41) is 0. The summed E-state index contributed by atoms with van der Waals surface area (Å²) in [5.41, 5.74) is 0. The predicted octanol–water partition coefficient (Wildman–Crippen LogP) is 2.76. The minimum Gasteiger partial charge on any atom is -0.381 e. The molecule has 13 heavy (non-hydrogen) atoms. The van der Waals surface area contributed by atoms with Crippen molar-refractivity contribution in [3.63, 3.8) is 0 Å². The van der Waals surface area contributed by atoms with E-state index in [4.69, 9.17) is 9.47 Å². The van der Waals surface area contributed by atoms with Crippen molar-refractivity contribution in [2.24, 2.45) is 0 Å². The van der Waals surface area contributed by atoms with Crippen LogP contribution >= 0.6 is 0 Å². The Morgan fingerprint density at radius 1 is 1.08 bits per heavy atom. The topological polar surface area (TPSA) is 18.5 Å². The minimum atomic E-state index is 0.611. The van der Waals surface area contributed by atoms with Gasteiger partial charge in [-0.3, -0.25) is 0 Å². The quantitative estimate of drug-likeness (QED) is 0.660. The molecule has 2 heteroatoms. The highest BCUT2D eigenvalue weighted by atomic mass is 16.5. The third-order valence-electron chi connectivity index (χ3n) is 2.46. The van der Waals surface area contributed by atoms with E-state index in [0.717, 1.165) is 19.8 Å². The van der Waals surface area contributed by atoms with Gasteiger partial charge in [0.25, 0.3) is 0 Å². The van der Waals surface area contributed by atoms with Crippen molar-refractivity contribution in [1.82, 2.24) is 0 Å². The highest BCUT2D eigenvalue weighted by Gasteiger charge is 2.12. The van der Waals surface area contributed by atoms with Crippen LogP contribution in [0.1, 0.15) is 45.4 Å². The Bertz CT molecular complexity index is 97.0. The summed E-state index contributed by atoms with van der Waals surface area (Å²) < 4.78 is 10.3. The lowest BCUT2D eigenvalue weighted by Gasteiger charge is -2.04. The van der Waals surface area contributed by atoms with E-state index in [1.165, 1.54) is 38.5 Å². The first-order valence-electron chi connectivity index (χ1n) is 5.63. The van der Waals surface area contributed by atoms with E-state index < -0.39 is 0 Å². The predicted molar refractivity (Wildman–Crippen MR) is 53.9 cm³/mol. The molecule has 2 saturated heterocycles. The molecule has 0 amide bonds. The second-order valence-corrected chi connectivity index (χ2v) is 3.74. The fourth-order valence-electron chi connectivity index (χ4n) is 1.70. The van der Waals surface area contributed by atoms with Crippen LogP contribution in [0.15, 0.2) is 0 Å². The van der Waals surface area contributed by atoms with Crippen LogP contribution in [0.3, 0.4) is 0 Å². The zero-order valence-electron chi connectivity index (χ0n) is 8.76. The molecule has 78 valence electrons. The van der Waals surface area contributed by atoms with Crippen LogP contribution in [0, 0.1) is 0 Å². The van der Waals surface area contributed by atoms with Crippen molar-refractivity contribution in [1.29, 1.82) is 0 Å². The average molecular weight is 186 g/mol. The van der Waals surface area contributed by atoms with Crippen molar-refractivity contribution < 1.29 is 9.47 Å². The van der Waals surface area contributed by atoms with E-state index in [0.29, 0.717) is 6.10 Å². The highest BCUT2D eigenvalue weighted by Crippen LogP contribution is 2.15. The van der Waals surface area contributed by atoms with Crippen LogP contribution in [0.5, 0.6) is 0 Å². The van der Waals surface area contributed by atoms with Crippen LogP contribution in [-0.2, 0) is 9.47 Å². The molecule has 0 N–H and O–H groups in total. The van der Waals surface area contributed by atoms with Crippen molar-refractivity contribution in [2.45, 2.75) is 51.6 Å². The first-order chi connectivity index (χ1) is 6.43. The first kappa shape index (κ1) is 11.0. The molecule has 2 heterocycles. The number of hydrogen-bond acceptors (Lipinski definition) is 2. The molecule has 1 atom stereocenters. The number of rotatable bonds is 2. The maximum atomic E-state index is 5.39. The normalized spacial score (nSPS) is 27.0. The molecule has 0 spiro atoms. The van der Waals surface area contributed by atoms with Crippen LogP contribution in [0.25, 0.3) is 0 Å². The Labute approximate surface area is 81.6 Å². The van der Waals surface area contributed by atoms with E-state index in [1.54, 1.807) is 0 Å². The molecule has 2 aliphatic rings. The highest BCUT2D eigenvalue weighted by molar-refractivity contribution is 4.62. The van der Waals surface area contributed by atoms with Gasteiger partial charge in [0.15, 0.2) is 0 Å². The zero-order valence-corrected chi connectivity index (χ0v) is 8.76. The van der Waals surface area contributed by atoms with Crippen LogP contribution in [0.4, 0.5) is 0 Å². The molecular weight excluding hydrogens is 164 g/mol. The minimum absolute atomic E-state index is 0.611. The Kier molecular flexibility index (Phi) is 6.21. The summed E-state index contributed by atoms with van der Waals surface area (Å²) in [6.45, 7) is 5.21. The summed E-state index contributed by atoms with van der Waals surface area (Å²) in [6.07, 6.45) is 8.28. The number of ether oxygens (including phenoxy) is 2. The lowest BCUT2D eigenvalue weighted by Crippen LogP contribution is -2.02.